The van der Waals surface area contributed by atoms with Crippen molar-refractivity contribution in [3.05, 3.63) is 34.1 Å². The fourth-order valence-electron chi connectivity index (χ4n) is 1.59. The highest BCUT2D eigenvalue weighted by Crippen LogP contribution is 2.32. The number of hydrogen-bond donors (Lipinski definition) is 0. The van der Waals surface area contributed by atoms with Crippen LogP contribution >= 0.6 is 31.9 Å². The van der Waals surface area contributed by atoms with Crippen molar-refractivity contribution >= 4 is 31.9 Å². The molecule has 0 aliphatic rings. The van der Waals surface area contributed by atoms with Gasteiger partial charge in [0.1, 0.15) is 5.82 Å². The Bertz CT molecular complexity index is 325. The molecule has 84 valence electrons. The molecule has 0 heterocycles. The predicted octanol–water partition coefficient (Wildman–Crippen LogP) is 5.26. The van der Waals surface area contributed by atoms with Gasteiger partial charge < -0.3 is 0 Å². The van der Waals surface area contributed by atoms with E-state index in [-0.39, 0.29) is 5.82 Å². The maximum absolute atomic E-state index is 12.9. The van der Waals surface area contributed by atoms with Gasteiger partial charge in [-0.3, -0.25) is 0 Å². The SMILES string of the molecule is CCCC(Br)C(C)c1ccc(F)cc1Br. The van der Waals surface area contributed by atoms with E-state index in [1.165, 1.54) is 12.1 Å². The summed E-state index contributed by atoms with van der Waals surface area (Å²) in [5.74, 6) is 0.194. The Morgan fingerprint density at radius 3 is 2.60 bits per heavy atom. The molecule has 0 aliphatic heterocycles. The zero-order valence-electron chi connectivity index (χ0n) is 8.93. The zero-order valence-corrected chi connectivity index (χ0v) is 12.1. The molecule has 0 amide bonds. The highest BCUT2D eigenvalue weighted by molar-refractivity contribution is 9.10. The minimum atomic E-state index is -0.195. The van der Waals surface area contributed by atoms with Gasteiger partial charge in [-0.1, -0.05) is 58.2 Å². The summed E-state index contributed by atoms with van der Waals surface area (Å²) < 4.78 is 13.8. The summed E-state index contributed by atoms with van der Waals surface area (Å²) in [5.41, 5.74) is 1.16. The normalized spacial score (nSPS) is 15.0. The predicted molar refractivity (Wildman–Crippen MR) is 70.1 cm³/mol. The zero-order chi connectivity index (χ0) is 11.4. The molecule has 1 aromatic carbocycles. The summed E-state index contributed by atoms with van der Waals surface area (Å²) in [6.45, 7) is 4.33. The minimum Gasteiger partial charge on any atom is -0.207 e. The van der Waals surface area contributed by atoms with Gasteiger partial charge in [0.05, 0.1) is 0 Å². The Labute approximate surface area is 108 Å². The monoisotopic (exact) mass is 336 g/mol. The van der Waals surface area contributed by atoms with Crippen molar-refractivity contribution in [3.8, 4) is 0 Å². The lowest BCUT2D eigenvalue weighted by Crippen LogP contribution is -2.09. The fraction of sp³-hybridized carbons (Fsp3) is 0.500. The Kier molecular flexibility index (Phi) is 5.27. The molecule has 1 aromatic rings. The first kappa shape index (κ1) is 13.2. The topological polar surface area (TPSA) is 0 Å². The quantitative estimate of drug-likeness (QED) is 0.658. The van der Waals surface area contributed by atoms with E-state index in [0.29, 0.717) is 10.7 Å². The molecule has 0 aliphatic carbocycles. The summed E-state index contributed by atoms with van der Waals surface area (Å²) in [5, 5.41) is 0. The van der Waals surface area contributed by atoms with Gasteiger partial charge >= 0.3 is 0 Å². The molecule has 0 radical (unpaired) electrons. The molecule has 0 saturated carbocycles. The van der Waals surface area contributed by atoms with E-state index in [2.05, 4.69) is 45.7 Å². The Balaban J connectivity index is 2.86. The van der Waals surface area contributed by atoms with Crippen LogP contribution in [0.1, 0.15) is 38.2 Å². The van der Waals surface area contributed by atoms with E-state index in [4.69, 9.17) is 0 Å². The molecule has 0 aromatic heterocycles. The van der Waals surface area contributed by atoms with Gasteiger partial charge in [-0.2, -0.15) is 0 Å². The van der Waals surface area contributed by atoms with Crippen LogP contribution in [-0.4, -0.2) is 4.83 Å². The van der Waals surface area contributed by atoms with Gasteiger partial charge in [0.25, 0.3) is 0 Å². The first-order valence-electron chi connectivity index (χ1n) is 5.15. The third-order valence-electron chi connectivity index (χ3n) is 2.56. The second-order valence-electron chi connectivity index (χ2n) is 3.76. The highest BCUT2D eigenvalue weighted by atomic mass is 79.9. The smallest absolute Gasteiger partial charge is 0.124 e. The van der Waals surface area contributed by atoms with Crippen LogP contribution in [-0.2, 0) is 0 Å². The Morgan fingerprint density at radius 1 is 1.40 bits per heavy atom. The third-order valence-corrected chi connectivity index (χ3v) is 4.50. The molecule has 0 bridgehead atoms. The van der Waals surface area contributed by atoms with Crippen LogP contribution in [0.5, 0.6) is 0 Å². The van der Waals surface area contributed by atoms with Crippen LogP contribution in [0.3, 0.4) is 0 Å². The van der Waals surface area contributed by atoms with Crippen molar-refractivity contribution in [1.82, 2.24) is 0 Å². The minimum absolute atomic E-state index is 0.195. The number of alkyl halides is 1. The lowest BCUT2D eigenvalue weighted by atomic mass is 9.95. The summed E-state index contributed by atoms with van der Waals surface area (Å²) in [4.78, 5) is 0.448. The Hall–Kier alpha value is 0.110. The lowest BCUT2D eigenvalue weighted by molar-refractivity contribution is 0.618. The van der Waals surface area contributed by atoms with Gasteiger partial charge in [0.15, 0.2) is 0 Å². The summed E-state index contributed by atoms with van der Waals surface area (Å²) in [6, 6.07) is 4.90. The summed E-state index contributed by atoms with van der Waals surface area (Å²) in [6.07, 6.45) is 2.28. The number of rotatable bonds is 4. The van der Waals surface area contributed by atoms with E-state index in [1.807, 2.05) is 6.07 Å². The van der Waals surface area contributed by atoms with E-state index in [9.17, 15) is 4.39 Å². The van der Waals surface area contributed by atoms with Gasteiger partial charge in [0.2, 0.25) is 0 Å². The van der Waals surface area contributed by atoms with Crippen molar-refractivity contribution in [3.63, 3.8) is 0 Å². The maximum atomic E-state index is 12.9. The standard InChI is InChI=1S/C12H15Br2F/c1-3-4-11(13)8(2)10-6-5-9(15)7-12(10)14/h5-8,11H,3-4H2,1-2H3. The summed E-state index contributed by atoms with van der Waals surface area (Å²) >= 11 is 7.08. The van der Waals surface area contributed by atoms with Gasteiger partial charge in [-0.15, -0.1) is 0 Å². The molecule has 0 nitrogen and oxygen atoms in total. The third kappa shape index (κ3) is 3.56. The average molecular weight is 338 g/mol. The maximum Gasteiger partial charge on any atom is 0.124 e. The second-order valence-corrected chi connectivity index (χ2v) is 5.79. The molecule has 0 fully saturated rings. The fourth-order valence-corrected chi connectivity index (χ4v) is 3.05. The van der Waals surface area contributed by atoms with Gasteiger partial charge in [-0.25, -0.2) is 4.39 Å². The van der Waals surface area contributed by atoms with Crippen LogP contribution < -0.4 is 0 Å². The van der Waals surface area contributed by atoms with Crippen LogP contribution in [0.4, 0.5) is 4.39 Å². The molecule has 0 saturated heterocycles. The molecule has 0 spiro atoms. The van der Waals surface area contributed by atoms with Crippen LogP contribution in [0, 0.1) is 5.82 Å². The van der Waals surface area contributed by atoms with Crippen LogP contribution in [0.15, 0.2) is 22.7 Å². The molecule has 0 N–H and O–H groups in total. The molecule has 3 heteroatoms. The largest absolute Gasteiger partial charge is 0.207 e. The van der Waals surface area contributed by atoms with E-state index in [0.717, 1.165) is 22.9 Å². The summed E-state index contributed by atoms with van der Waals surface area (Å²) in [7, 11) is 0. The second kappa shape index (κ2) is 6.00. The van der Waals surface area contributed by atoms with E-state index < -0.39 is 0 Å². The molecule has 2 unspecified atom stereocenters. The van der Waals surface area contributed by atoms with Crippen LogP contribution in [0.25, 0.3) is 0 Å². The molecular formula is C12H15Br2F. The number of benzene rings is 1. The first-order valence-corrected chi connectivity index (χ1v) is 6.86. The van der Waals surface area contributed by atoms with E-state index >= 15 is 0 Å². The molecule has 2 atom stereocenters. The number of hydrogen-bond acceptors (Lipinski definition) is 0. The first-order chi connectivity index (χ1) is 7.06. The van der Waals surface area contributed by atoms with Gasteiger partial charge in [0, 0.05) is 9.30 Å². The molecular weight excluding hydrogens is 323 g/mol. The average Bonchev–Trinajstić information content (AvgIpc) is 2.17. The van der Waals surface area contributed by atoms with Crippen molar-refractivity contribution < 1.29 is 4.39 Å². The van der Waals surface area contributed by atoms with E-state index in [1.54, 1.807) is 0 Å². The number of halogens is 3. The Morgan fingerprint density at radius 2 is 2.07 bits per heavy atom. The highest BCUT2D eigenvalue weighted by Gasteiger charge is 2.17. The molecule has 1 rings (SSSR count). The van der Waals surface area contributed by atoms with Crippen LogP contribution in [0.2, 0.25) is 0 Å². The van der Waals surface area contributed by atoms with Crippen molar-refractivity contribution in [2.75, 3.05) is 0 Å². The lowest BCUT2D eigenvalue weighted by Gasteiger charge is -2.19. The van der Waals surface area contributed by atoms with Crippen molar-refractivity contribution in [2.24, 2.45) is 0 Å². The molecule has 15 heavy (non-hydrogen) atoms. The van der Waals surface area contributed by atoms with Gasteiger partial charge in [-0.05, 0) is 30.0 Å². The van der Waals surface area contributed by atoms with Crippen molar-refractivity contribution in [1.29, 1.82) is 0 Å². The van der Waals surface area contributed by atoms with Crippen molar-refractivity contribution in [2.45, 2.75) is 37.4 Å².